The first-order valence-corrected chi connectivity index (χ1v) is 5.10. The summed E-state index contributed by atoms with van der Waals surface area (Å²) in [5, 5.41) is 9.55. The van der Waals surface area contributed by atoms with E-state index in [0.29, 0.717) is 5.32 Å². The molecule has 0 unspecified atom stereocenters. The van der Waals surface area contributed by atoms with Crippen LogP contribution in [0.3, 0.4) is 0 Å². The van der Waals surface area contributed by atoms with Crippen molar-refractivity contribution in [3.05, 3.63) is 12.7 Å². The van der Waals surface area contributed by atoms with Gasteiger partial charge in [-0.3, -0.25) is 0 Å². The van der Waals surface area contributed by atoms with Crippen LogP contribution in [-0.2, 0) is 4.79 Å². The normalized spacial score (nSPS) is 8.89. The van der Waals surface area contributed by atoms with E-state index in [1.807, 2.05) is 6.08 Å². The predicted molar refractivity (Wildman–Crippen MR) is 37.8 cm³/mol. The zero-order valence-corrected chi connectivity index (χ0v) is 6.88. The Labute approximate surface area is 61.1 Å². The standard InChI is InChI=1S/C6H10O2Se/c1-2-3-4-9-5-6(7)8/h2H,1,3-5H2,(H,7,8). The fourth-order valence-corrected chi connectivity index (χ4v) is 1.69. The number of carboxylic acid groups (broad SMARTS) is 1. The van der Waals surface area contributed by atoms with Crippen molar-refractivity contribution in [2.24, 2.45) is 0 Å². The third-order valence-corrected chi connectivity index (χ3v) is 2.74. The van der Waals surface area contributed by atoms with Gasteiger partial charge in [0.05, 0.1) is 0 Å². The minimum absolute atomic E-state index is 0.278. The third-order valence-electron chi connectivity index (χ3n) is 0.692. The number of allylic oxidation sites excluding steroid dienone is 1. The molecule has 0 bridgehead atoms. The van der Waals surface area contributed by atoms with Crippen LogP contribution in [0, 0.1) is 0 Å². The molecule has 9 heavy (non-hydrogen) atoms. The molecule has 0 rings (SSSR count). The van der Waals surface area contributed by atoms with E-state index >= 15 is 0 Å². The Hall–Kier alpha value is -0.271. The van der Waals surface area contributed by atoms with Gasteiger partial charge in [-0.2, -0.15) is 0 Å². The summed E-state index contributed by atoms with van der Waals surface area (Å²) >= 11 is 0.278. The number of hydrogen-bond donors (Lipinski definition) is 1. The summed E-state index contributed by atoms with van der Waals surface area (Å²) in [6.07, 6.45) is 2.77. The molecule has 0 amide bonds. The Bertz CT molecular complexity index is 101. The molecule has 0 saturated carbocycles. The summed E-state index contributed by atoms with van der Waals surface area (Å²) in [6, 6.07) is 0. The number of carboxylic acids is 1. The van der Waals surface area contributed by atoms with Crippen LogP contribution in [-0.4, -0.2) is 26.0 Å². The van der Waals surface area contributed by atoms with E-state index in [1.54, 1.807) is 0 Å². The Morgan fingerprint density at radius 1 is 1.78 bits per heavy atom. The van der Waals surface area contributed by atoms with Crippen LogP contribution in [0.15, 0.2) is 12.7 Å². The molecule has 0 aromatic carbocycles. The van der Waals surface area contributed by atoms with Gasteiger partial charge in [0, 0.05) is 0 Å². The summed E-state index contributed by atoms with van der Waals surface area (Å²) in [4.78, 5) is 9.95. The molecule has 1 N–H and O–H groups in total. The van der Waals surface area contributed by atoms with Crippen LogP contribution in [0.4, 0.5) is 0 Å². The summed E-state index contributed by atoms with van der Waals surface area (Å²) in [7, 11) is 0. The first kappa shape index (κ1) is 8.73. The molecule has 0 fully saturated rings. The van der Waals surface area contributed by atoms with Crippen molar-refractivity contribution >= 4 is 20.9 Å². The number of rotatable bonds is 5. The number of hydrogen-bond acceptors (Lipinski definition) is 1. The first-order valence-electron chi connectivity index (χ1n) is 2.68. The molecule has 0 aliphatic carbocycles. The molecule has 0 aliphatic rings. The van der Waals surface area contributed by atoms with Gasteiger partial charge in [0.2, 0.25) is 0 Å². The van der Waals surface area contributed by atoms with Gasteiger partial charge in [-0.25, -0.2) is 0 Å². The molecule has 3 heteroatoms. The average molecular weight is 193 g/mol. The SMILES string of the molecule is C=CCC[Se]CC(=O)O. The predicted octanol–water partition coefficient (Wildman–Crippen LogP) is 1.19. The monoisotopic (exact) mass is 194 g/mol. The maximum absolute atomic E-state index is 9.95. The summed E-state index contributed by atoms with van der Waals surface area (Å²) in [5.74, 6) is -0.681. The van der Waals surface area contributed by atoms with Crippen molar-refractivity contribution in [3.8, 4) is 0 Å². The molecular formula is C6H10O2Se. The minimum atomic E-state index is -0.681. The van der Waals surface area contributed by atoms with Gasteiger partial charge in [0.1, 0.15) is 0 Å². The zero-order chi connectivity index (χ0) is 7.11. The maximum atomic E-state index is 9.95. The molecule has 0 spiro atoms. The van der Waals surface area contributed by atoms with Crippen LogP contribution in [0.5, 0.6) is 0 Å². The Kier molecular flexibility index (Phi) is 5.68. The van der Waals surface area contributed by atoms with Gasteiger partial charge in [0.25, 0.3) is 0 Å². The van der Waals surface area contributed by atoms with Gasteiger partial charge in [-0.15, -0.1) is 0 Å². The van der Waals surface area contributed by atoms with E-state index in [-0.39, 0.29) is 15.0 Å². The van der Waals surface area contributed by atoms with Crippen LogP contribution in [0.2, 0.25) is 10.6 Å². The Morgan fingerprint density at radius 2 is 2.44 bits per heavy atom. The molecule has 0 radical (unpaired) electrons. The molecule has 52 valence electrons. The van der Waals surface area contributed by atoms with Crippen LogP contribution >= 0.6 is 0 Å². The number of aliphatic carboxylic acids is 1. The van der Waals surface area contributed by atoms with Gasteiger partial charge < -0.3 is 0 Å². The van der Waals surface area contributed by atoms with Gasteiger partial charge in [-0.1, -0.05) is 0 Å². The quantitative estimate of drug-likeness (QED) is 0.404. The van der Waals surface area contributed by atoms with Crippen molar-refractivity contribution < 1.29 is 9.90 Å². The van der Waals surface area contributed by atoms with Gasteiger partial charge >= 0.3 is 60.5 Å². The van der Waals surface area contributed by atoms with Crippen molar-refractivity contribution in [2.75, 3.05) is 0 Å². The van der Waals surface area contributed by atoms with Crippen molar-refractivity contribution in [2.45, 2.75) is 17.1 Å². The molecule has 0 aliphatic heterocycles. The van der Waals surface area contributed by atoms with Gasteiger partial charge in [-0.05, 0) is 0 Å². The molecule has 0 aromatic heterocycles. The molecule has 0 atom stereocenters. The van der Waals surface area contributed by atoms with Crippen molar-refractivity contribution in [1.82, 2.24) is 0 Å². The summed E-state index contributed by atoms with van der Waals surface area (Å²) in [6.45, 7) is 3.54. The van der Waals surface area contributed by atoms with E-state index in [0.717, 1.165) is 11.7 Å². The summed E-state index contributed by atoms with van der Waals surface area (Å²) in [5.41, 5.74) is 0. The topological polar surface area (TPSA) is 37.3 Å². The van der Waals surface area contributed by atoms with E-state index in [2.05, 4.69) is 6.58 Å². The third kappa shape index (κ3) is 7.73. The van der Waals surface area contributed by atoms with E-state index < -0.39 is 5.97 Å². The number of carbonyl (C=O) groups is 1. The van der Waals surface area contributed by atoms with Crippen LogP contribution in [0.25, 0.3) is 0 Å². The van der Waals surface area contributed by atoms with Gasteiger partial charge in [0.15, 0.2) is 0 Å². The molecule has 2 nitrogen and oxygen atoms in total. The average Bonchev–Trinajstić information content (AvgIpc) is 1.80. The molecule has 0 aromatic rings. The summed E-state index contributed by atoms with van der Waals surface area (Å²) < 4.78 is 0. The first-order chi connectivity index (χ1) is 4.27. The second kappa shape index (κ2) is 5.86. The molecular weight excluding hydrogens is 183 g/mol. The zero-order valence-electron chi connectivity index (χ0n) is 5.17. The van der Waals surface area contributed by atoms with E-state index in [1.165, 1.54) is 0 Å². The fraction of sp³-hybridized carbons (Fsp3) is 0.500. The van der Waals surface area contributed by atoms with E-state index in [4.69, 9.17) is 5.11 Å². The van der Waals surface area contributed by atoms with Crippen molar-refractivity contribution in [1.29, 1.82) is 0 Å². The Balaban J connectivity index is 2.91. The second-order valence-corrected chi connectivity index (χ2v) is 3.84. The fourth-order valence-electron chi connectivity index (χ4n) is 0.326. The van der Waals surface area contributed by atoms with Crippen LogP contribution < -0.4 is 0 Å². The Morgan fingerprint density at radius 3 is 2.89 bits per heavy atom. The van der Waals surface area contributed by atoms with E-state index in [9.17, 15) is 4.79 Å². The van der Waals surface area contributed by atoms with Crippen LogP contribution in [0.1, 0.15) is 6.42 Å². The molecule has 0 heterocycles. The molecule has 0 saturated heterocycles. The second-order valence-electron chi connectivity index (χ2n) is 1.52. The van der Waals surface area contributed by atoms with Crippen molar-refractivity contribution in [3.63, 3.8) is 0 Å².